The van der Waals surface area contributed by atoms with Crippen molar-refractivity contribution in [3.05, 3.63) is 76.3 Å². The first-order valence-corrected chi connectivity index (χ1v) is 14.7. The van der Waals surface area contributed by atoms with Crippen LogP contribution >= 0.6 is 23.2 Å². The number of β-amino-alcohol motifs (C(OH)–C–C–N with tert-alkyl or cyclic N) is 1. The first-order chi connectivity index (χ1) is 17.7. The Labute approximate surface area is 227 Å². The molecule has 0 spiro atoms. The second-order valence-electron chi connectivity index (χ2n) is 9.76. The van der Waals surface area contributed by atoms with Gasteiger partial charge in [0.2, 0.25) is 10.0 Å². The summed E-state index contributed by atoms with van der Waals surface area (Å²) in [7, 11) is -3.11. The minimum Gasteiger partial charge on any atom is -0.382 e. The van der Waals surface area contributed by atoms with Crippen LogP contribution in [-0.2, 0) is 22.2 Å². The monoisotopic (exact) mass is 564 g/mol. The van der Waals surface area contributed by atoms with Gasteiger partial charge in [0.25, 0.3) is 0 Å². The molecule has 9 nitrogen and oxygen atoms in total. The largest absolute Gasteiger partial charge is 0.382 e. The van der Waals surface area contributed by atoms with Gasteiger partial charge in [0.1, 0.15) is 18.3 Å². The predicted octanol–water partition coefficient (Wildman–Crippen LogP) is 2.70. The molecule has 0 saturated carbocycles. The van der Waals surface area contributed by atoms with Crippen LogP contribution in [0.3, 0.4) is 0 Å². The lowest BCUT2D eigenvalue weighted by molar-refractivity contribution is -0.0198. The van der Waals surface area contributed by atoms with Crippen molar-refractivity contribution >= 4 is 38.9 Å². The van der Waals surface area contributed by atoms with Crippen LogP contribution in [0, 0.1) is 0 Å². The van der Waals surface area contributed by atoms with Crippen LogP contribution in [0.2, 0.25) is 10.0 Å². The van der Waals surface area contributed by atoms with Gasteiger partial charge in [0.15, 0.2) is 0 Å². The summed E-state index contributed by atoms with van der Waals surface area (Å²) in [5.74, 6) is 0.378. The highest BCUT2D eigenvalue weighted by molar-refractivity contribution is 7.89. The van der Waals surface area contributed by atoms with Gasteiger partial charge < -0.3 is 10.0 Å². The Morgan fingerprint density at radius 1 is 1.05 bits per heavy atom. The highest BCUT2D eigenvalue weighted by Crippen LogP contribution is 2.33. The Morgan fingerprint density at radius 2 is 1.81 bits per heavy atom. The van der Waals surface area contributed by atoms with Crippen molar-refractivity contribution in [2.45, 2.75) is 24.5 Å². The number of piperazine rings is 1. The van der Waals surface area contributed by atoms with Crippen molar-refractivity contribution in [2.24, 2.45) is 0 Å². The zero-order valence-electron chi connectivity index (χ0n) is 20.3. The van der Waals surface area contributed by atoms with Crippen molar-refractivity contribution in [3.8, 4) is 0 Å². The van der Waals surface area contributed by atoms with Gasteiger partial charge in [-0.1, -0.05) is 41.4 Å². The molecule has 2 saturated heterocycles. The number of aromatic nitrogens is 3. The zero-order valence-corrected chi connectivity index (χ0v) is 22.6. The molecule has 37 heavy (non-hydrogen) atoms. The summed E-state index contributed by atoms with van der Waals surface area (Å²) in [5, 5.41) is 16.9. The number of sulfonamides is 1. The quantitative estimate of drug-likeness (QED) is 0.454. The Balaban J connectivity index is 1.23. The fourth-order valence-electron chi connectivity index (χ4n) is 5.14. The first-order valence-electron chi connectivity index (χ1n) is 12.3. The Kier molecular flexibility index (Phi) is 7.76. The van der Waals surface area contributed by atoms with Crippen molar-refractivity contribution in [2.75, 3.05) is 49.9 Å². The van der Waals surface area contributed by atoms with Crippen molar-refractivity contribution in [1.29, 1.82) is 0 Å². The molecular weight excluding hydrogens is 535 g/mol. The molecule has 2 aliphatic heterocycles. The zero-order chi connectivity index (χ0) is 26.0. The molecule has 2 aromatic carbocycles. The van der Waals surface area contributed by atoms with Gasteiger partial charge in [-0.05, 0) is 42.2 Å². The molecule has 198 valence electrons. The maximum absolute atomic E-state index is 11.8. The molecule has 0 amide bonds. The van der Waals surface area contributed by atoms with Gasteiger partial charge in [-0.15, -0.1) is 0 Å². The maximum Gasteiger partial charge on any atom is 0.211 e. The molecule has 3 heterocycles. The van der Waals surface area contributed by atoms with Crippen LogP contribution in [-0.4, -0.2) is 78.2 Å². The number of nitrogens with one attached hydrogen (secondary N) is 1. The van der Waals surface area contributed by atoms with Crippen LogP contribution in [0.1, 0.15) is 23.5 Å². The van der Waals surface area contributed by atoms with Gasteiger partial charge in [0.05, 0.1) is 12.3 Å². The van der Waals surface area contributed by atoms with E-state index in [0.29, 0.717) is 35.1 Å². The Bertz CT molecular complexity index is 1300. The van der Waals surface area contributed by atoms with Crippen LogP contribution in [0.5, 0.6) is 0 Å². The number of rotatable bonds is 7. The van der Waals surface area contributed by atoms with Crippen LogP contribution in [0.25, 0.3) is 0 Å². The first kappa shape index (κ1) is 26.4. The molecule has 2 N–H and O–H groups in total. The minimum absolute atomic E-state index is 0.172. The predicted molar refractivity (Wildman–Crippen MR) is 145 cm³/mol. The fourth-order valence-corrected chi connectivity index (χ4v) is 6.92. The molecule has 5 rings (SSSR count). The molecule has 0 radical (unpaired) electrons. The molecule has 0 bridgehead atoms. The van der Waals surface area contributed by atoms with E-state index >= 15 is 0 Å². The van der Waals surface area contributed by atoms with Crippen LogP contribution in [0.4, 0.5) is 5.69 Å². The lowest BCUT2D eigenvalue weighted by Gasteiger charge is -2.40. The van der Waals surface area contributed by atoms with E-state index in [2.05, 4.69) is 48.9 Å². The molecule has 2 unspecified atom stereocenters. The number of nitrogens with zero attached hydrogens (tertiary/aromatic N) is 5. The average Bonchev–Trinajstić information content (AvgIpc) is 3.37. The Morgan fingerprint density at radius 3 is 2.43 bits per heavy atom. The number of hydrogen-bond acceptors (Lipinski definition) is 7. The van der Waals surface area contributed by atoms with E-state index in [9.17, 15) is 13.5 Å². The lowest BCUT2D eigenvalue weighted by atomic mass is 9.92. The number of benzene rings is 2. The highest BCUT2D eigenvalue weighted by atomic mass is 35.5. The number of hydrogen-bond donors (Lipinski definition) is 2. The van der Waals surface area contributed by atoms with Crippen molar-refractivity contribution < 1.29 is 13.5 Å². The van der Waals surface area contributed by atoms with Crippen LogP contribution in [0.15, 0.2) is 55.1 Å². The molecule has 12 heteroatoms. The summed E-state index contributed by atoms with van der Waals surface area (Å²) in [6, 6.07) is 13.6. The fraction of sp³-hybridized carbons (Fsp3) is 0.440. The topological polar surface area (TPSA) is 104 Å². The molecule has 2 fully saturated rings. The molecule has 3 aromatic rings. The van der Waals surface area contributed by atoms with Gasteiger partial charge in [-0.25, -0.2) is 22.8 Å². The van der Waals surface area contributed by atoms with Crippen molar-refractivity contribution in [1.82, 2.24) is 24.4 Å². The third-order valence-electron chi connectivity index (χ3n) is 7.19. The van der Waals surface area contributed by atoms with E-state index in [-0.39, 0.29) is 18.2 Å². The van der Waals surface area contributed by atoms with E-state index < -0.39 is 15.6 Å². The summed E-state index contributed by atoms with van der Waals surface area (Å²) >= 11 is 12.6. The summed E-state index contributed by atoms with van der Waals surface area (Å²) in [4.78, 5) is 8.57. The molecule has 1 aromatic heterocycles. The Hall–Kier alpha value is -2.21. The molecule has 2 aliphatic rings. The molecular formula is C25H30Cl2N6O3S. The van der Waals surface area contributed by atoms with Crippen molar-refractivity contribution in [3.63, 3.8) is 0 Å². The molecule has 0 aliphatic carbocycles. The lowest BCUT2D eigenvalue weighted by Crippen LogP contribution is -2.52. The van der Waals surface area contributed by atoms with E-state index in [1.165, 1.54) is 6.33 Å². The van der Waals surface area contributed by atoms with E-state index in [1.807, 2.05) is 0 Å². The van der Waals surface area contributed by atoms with E-state index in [0.717, 1.165) is 37.4 Å². The van der Waals surface area contributed by atoms with E-state index in [1.54, 1.807) is 29.2 Å². The van der Waals surface area contributed by atoms with Gasteiger partial charge in [-0.3, -0.25) is 4.90 Å². The van der Waals surface area contributed by atoms with Gasteiger partial charge >= 0.3 is 0 Å². The average molecular weight is 566 g/mol. The third kappa shape index (κ3) is 6.27. The normalized spacial score (nSPS) is 22.0. The second kappa shape index (κ2) is 10.9. The molecule has 2 atom stereocenters. The van der Waals surface area contributed by atoms with E-state index in [4.69, 9.17) is 23.2 Å². The van der Waals surface area contributed by atoms with Gasteiger partial charge in [-0.2, -0.15) is 5.10 Å². The summed E-state index contributed by atoms with van der Waals surface area (Å²) in [6.07, 6.45) is 3.67. The number of aliphatic hydroxyl groups is 1. The highest BCUT2D eigenvalue weighted by Gasteiger charge is 2.36. The summed E-state index contributed by atoms with van der Waals surface area (Å²) < 4.78 is 27.5. The van der Waals surface area contributed by atoms with Crippen LogP contribution < -0.4 is 9.62 Å². The maximum atomic E-state index is 11.8. The number of halogens is 2. The standard InChI is InChI=1S/C25H30Cl2N6O3S/c26-21-3-6-23(24(27)13-21)25(34,16-33-18-28-17-29-33)15-31-8-10-32(11-9-31)22-4-1-19(2-5-22)20-7-12-37(35,36)30-14-20/h1-6,13,17-18,20,30,34H,7-12,14-16H2. The number of anilines is 1. The summed E-state index contributed by atoms with van der Waals surface area (Å²) in [5.41, 5.74) is 1.62. The third-order valence-corrected chi connectivity index (χ3v) is 9.12. The van der Waals surface area contributed by atoms with Gasteiger partial charge in [0, 0.05) is 60.6 Å². The SMILES string of the molecule is O=S1(=O)CCC(c2ccc(N3CCN(CC(O)(Cn4cncn4)c4ccc(Cl)cc4Cl)CC3)cc2)CN1. The second-order valence-corrected chi connectivity index (χ2v) is 12.5. The minimum atomic E-state index is -3.11. The smallest absolute Gasteiger partial charge is 0.211 e. The summed E-state index contributed by atoms with van der Waals surface area (Å²) in [6.45, 7) is 4.24.